The zero-order valence-electron chi connectivity index (χ0n) is 18.3. The van der Waals surface area contributed by atoms with Crippen LogP contribution in [0.3, 0.4) is 0 Å². The molecule has 1 fully saturated rings. The number of benzene rings is 2. The van der Waals surface area contributed by atoms with E-state index in [1.165, 1.54) is 29.2 Å². The zero-order valence-corrected chi connectivity index (χ0v) is 19.9. The second-order valence-electron chi connectivity index (χ2n) is 7.80. The van der Waals surface area contributed by atoms with E-state index in [0.717, 1.165) is 15.6 Å². The number of amides is 2. The van der Waals surface area contributed by atoms with Crippen LogP contribution < -0.4 is 10.2 Å². The van der Waals surface area contributed by atoms with Crippen LogP contribution in [0.15, 0.2) is 58.3 Å². The van der Waals surface area contributed by atoms with E-state index in [-0.39, 0.29) is 29.8 Å². The van der Waals surface area contributed by atoms with Gasteiger partial charge in [0.2, 0.25) is 11.8 Å². The monoisotopic (exact) mass is 484 g/mol. The number of piperazine rings is 1. The quantitative estimate of drug-likeness (QED) is 0.509. The molecule has 9 heteroatoms. The van der Waals surface area contributed by atoms with E-state index in [1.54, 1.807) is 17.0 Å². The number of nitrogens with zero attached hydrogens (tertiary/aromatic N) is 3. The first-order chi connectivity index (χ1) is 16.0. The van der Waals surface area contributed by atoms with Crippen LogP contribution >= 0.6 is 23.1 Å². The van der Waals surface area contributed by atoms with Crippen molar-refractivity contribution >= 4 is 46.3 Å². The van der Waals surface area contributed by atoms with E-state index in [2.05, 4.69) is 10.3 Å². The minimum absolute atomic E-state index is 0.0159. The van der Waals surface area contributed by atoms with Gasteiger partial charge in [0.15, 0.2) is 4.34 Å². The lowest BCUT2D eigenvalue weighted by Crippen LogP contribution is -2.49. The molecule has 1 aromatic heterocycles. The van der Waals surface area contributed by atoms with E-state index in [1.807, 2.05) is 47.5 Å². The standard InChI is InChI=1S/C24H25FN4O2S2/c1-17-6-8-18(9-7-17)26-22(30)16-33-24-27-19(15-32-24)14-23(31)29-12-10-28(11-13-29)21-5-3-2-4-20(21)25/h2-9,15H,10-14,16H2,1H3,(H,26,30). The highest BCUT2D eigenvalue weighted by Crippen LogP contribution is 2.24. The third kappa shape index (κ3) is 6.33. The number of nitrogens with one attached hydrogen (secondary N) is 1. The Labute approximate surface area is 200 Å². The Morgan fingerprint density at radius 1 is 1.09 bits per heavy atom. The van der Waals surface area contributed by atoms with Gasteiger partial charge in [-0.15, -0.1) is 11.3 Å². The lowest BCUT2D eigenvalue weighted by atomic mass is 10.2. The summed E-state index contributed by atoms with van der Waals surface area (Å²) in [4.78, 5) is 33.2. The molecule has 1 N–H and O–H groups in total. The molecule has 1 aliphatic heterocycles. The molecule has 0 radical (unpaired) electrons. The SMILES string of the molecule is Cc1ccc(NC(=O)CSc2nc(CC(=O)N3CCN(c4ccccc4F)CC3)cs2)cc1. The van der Waals surface area contributed by atoms with Crippen molar-refractivity contribution in [1.29, 1.82) is 0 Å². The first-order valence-corrected chi connectivity index (χ1v) is 12.6. The largest absolute Gasteiger partial charge is 0.366 e. The lowest BCUT2D eigenvalue weighted by Gasteiger charge is -2.36. The van der Waals surface area contributed by atoms with E-state index in [4.69, 9.17) is 0 Å². The summed E-state index contributed by atoms with van der Waals surface area (Å²) >= 11 is 2.80. The molecule has 0 spiro atoms. The van der Waals surface area contributed by atoms with Crippen molar-refractivity contribution in [2.24, 2.45) is 0 Å². The molecule has 0 saturated carbocycles. The van der Waals surface area contributed by atoms with E-state index in [0.29, 0.717) is 37.6 Å². The number of aryl methyl sites for hydroxylation is 1. The summed E-state index contributed by atoms with van der Waals surface area (Å²) in [6, 6.07) is 14.4. The zero-order chi connectivity index (χ0) is 23.2. The summed E-state index contributed by atoms with van der Waals surface area (Å²) in [5.41, 5.74) is 3.20. The fourth-order valence-corrected chi connectivity index (χ4v) is 5.21. The molecule has 172 valence electrons. The summed E-state index contributed by atoms with van der Waals surface area (Å²) in [5, 5.41) is 4.74. The fourth-order valence-electron chi connectivity index (χ4n) is 3.57. The molecular formula is C24H25FN4O2S2. The smallest absolute Gasteiger partial charge is 0.234 e. The Hall–Kier alpha value is -2.91. The van der Waals surface area contributed by atoms with Gasteiger partial charge in [0.25, 0.3) is 0 Å². The summed E-state index contributed by atoms with van der Waals surface area (Å²) in [7, 11) is 0. The number of carbonyl (C=O) groups is 2. The first kappa shape index (κ1) is 23.3. The highest BCUT2D eigenvalue weighted by molar-refractivity contribution is 8.01. The first-order valence-electron chi connectivity index (χ1n) is 10.7. The molecule has 1 saturated heterocycles. The number of para-hydroxylation sites is 1. The third-order valence-corrected chi connectivity index (χ3v) is 7.42. The molecule has 4 rings (SSSR count). The van der Waals surface area contributed by atoms with Crippen LogP contribution in [0.2, 0.25) is 0 Å². The number of aromatic nitrogens is 1. The molecule has 0 aliphatic carbocycles. The second-order valence-corrected chi connectivity index (χ2v) is 9.88. The molecule has 1 aliphatic rings. The van der Waals surface area contributed by atoms with Crippen molar-refractivity contribution in [1.82, 2.24) is 9.88 Å². The number of thiazole rings is 1. The van der Waals surface area contributed by atoms with Crippen LogP contribution in [-0.2, 0) is 16.0 Å². The Morgan fingerprint density at radius 2 is 1.82 bits per heavy atom. The maximum absolute atomic E-state index is 14.0. The highest BCUT2D eigenvalue weighted by Gasteiger charge is 2.23. The highest BCUT2D eigenvalue weighted by atomic mass is 32.2. The molecule has 33 heavy (non-hydrogen) atoms. The normalized spacial score (nSPS) is 13.8. The van der Waals surface area contributed by atoms with Gasteiger partial charge in [-0.2, -0.15) is 0 Å². The predicted molar refractivity (Wildman–Crippen MR) is 132 cm³/mol. The van der Waals surface area contributed by atoms with Crippen molar-refractivity contribution in [3.8, 4) is 0 Å². The number of carbonyl (C=O) groups excluding carboxylic acids is 2. The molecule has 3 aromatic rings. The summed E-state index contributed by atoms with van der Waals surface area (Å²) in [5.74, 6) is -0.0591. The molecule has 0 atom stereocenters. The fraction of sp³-hybridized carbons (Fsp3) is 0.292. The molecular weight excluding hydrogens is 459 g/mol. The Bertz CT molecular complexity index is 1110. The van der Waals surface area contributed by atoms with Gasteiger partial charge in [0.05, 0.1) is 23.6 Å². The van der Waals surface area contributed by atoms with Gasteiger partial charge >= 0.3 is 0 Å². The number of anilines is 2. The molecule has 2 aromatic carbocycles. The van der Waals surface area contributed by atoms with Crippen molar-refractivity contribution < 1.29 is 14.0 Å². The predicted octanol–water partition coefficient (Wildman–Crippen LogP) is 4.21. The minimum atomic E-state index is -0.239. The lowest BCUT2D eigenvalue weighted by molar-refractivity contribution is -0.130. The summed E-state index contributed by atoms with van der Waals surface area (Å²) < 4.78 is 14.8. The van der Waals surface area contributed by atoms with Crippen molar-refractivity contribution in [3.05, 3.63) is 71.0 Å². The molecule has 0 unspecified atom stereocenters. The third-order valence-electron chi connectivity index (χ3n) is 5.35. The average Bonchev–Trinajstić information content (AvgIpc) is 3.27. The van der Waals surface area contributed by atoms with Crippen LogP contribution in [0, 0.1) is 12.7 Å². The van der Waals surface area contributed by atoms with Gasteiger partial charge in [-0.25, -0.2) is 9.37 Å². The van der Waals surface area contributed by atoms with Crippen LogP contribution in [0.4, 0.5) is 15.8 Å². The number of halogens is 1. The van der Waals surface area contributed by atoms with E-state index < -0.39 is 0 Å². The van der Waals surface area contributed by atoms with Crippen LogP contribution in [0.25, 0.3) is 0 Å². The average molecular weight is 485 g/mol. The van der Waals surface area contributed by atoms with Gasteiger partial charge in [0.1, 0.15) is 5.82 Å². The van der Waals surface area contributed by atoms with Crippen LogP contribution in [0.5, 0.6) is 0 Å². The Balaban J connectivity index is 1.22. The van der Waals surface area contributed by atoms with Gasteiger partial charge in [-0.3, -0.25) is 9.59 Å². The van der Waals surface area contributed by atoms with E-state index >= 15 is 0 Å². The summed E-state index contributed by atoms with van der Waals surface area (Å²) in [6.07, 6.45) is 0.228. The number of rotatable bonds is 7. The number of hydrogen-bond donors (Lipinski definition) is 1. The molecule has 2 amide bonds. The van der Waals surface area contributed by atoms with Gasteiger partial charge in [0, 0.05) is 37.2 Å². The maximum atomic E-state index is 14.0. The van der Waals surface area contributed by atoms with Crippen molar-refractivity contribution in [2.75, 3.05) is 42.1 Å². The maximum Gasteiger partial charge on any atom is 0.234 e. The molecule has 0 bridgehead atoms. The van der Waals surface area contributed by atoms with Gasteiger partial charge in [-0.05, 0) is 31.2 Å². The Morgan fingerprint density at radius 3 is 2.55 bits per heavy atom. The van der Waals surface area contributed by atoms with Crippen LogP contribution in [0.1, 0.15) is 11.3 Å². The van der Waals surface area contributed by atoms with Gasteiger partial charge in [-0.1, -0.05) is 41.6 Å². The van der Waals surface area contributed by atoms with Crippen molar-refractivity contribution in [2.45, 2.75) is 17.7 Å². The number of thioether (sulfide) groups is 1. The van der Waals surface area contributed by atoms with Crippen LogP contribution in [-0.4, -0.2) is 53.6 Å². The minimum Gasteiger partial charge on any atom is -0.366 e. The van der Waals surface area contributed by atoms with E-state index in [9.17, 15) is 14.0 Å². The number of hydrogen-bond acceptors (Lipinski definition) is 6. The summed E-state index contributed by atoms with van der Waals surface area (Å²) in [6.45, 7) is 4.30. The molecule has 2 heterocycles. The Kier molecular flexibility index (Phi) is 7.61. The molecule has 6 nitrogen and oxygen atoms in total. The second kappa shape index (κ2) is 10.8. The topological polar surface area (TPSA) is 65.5 Å². The van der Waals surface area contributed by atoms with Crippen molar-refractivity contribution in [3.63, 3.8) is 0 Å². The van der Waals surface area contributed by atoms with Gasteiger partial charge < -0.3 is 15.1 Å².